The van der Waals surface area contributed by atoms with E-state index in [0.29, 0.717) is 5.92 Å². The van der Waals surface area contributed by atoms with E-state index in [-0.39, 0.29) is 11.4 Å². The summed E-state index contributed by atoms with van der Waals surface area (Å²) in [5.74, 6) is 4.19. The average molecular weight is 348 g/mol. The number of carbonyl (C=O) groups excluding carboxylic acids is 1. The third-order valence-electron chi connectivity index (χ3n) is 4.71. The van der Waals surface area contributed by atoms with Crippen LogP contribution in [0.5, 0.6) is 0 Å². The Morgan fingerprint density at radius 2 is 1.89 bits per heavy atom. The molecule has 0 aromatic carbocycles. The Kier molecular flexibility index (Phi) is 6.07. The van der Waals surface area contributed by atoms with Crippen LogP contribution < -0.4 is 5.32 Å². The zero-order valence-electron chi connectivity index (χ0n) is 11.9. The van der Waals surface area contributed by atoms with Gasteiger partial charge in [-0.1, -0.05) is 22.9 Å². The van der Waals surface area contributed by atoms with Crippen molar-refractivity contribution in [3.05, 3.63) is 0 Å². The van der Waals surface area contributed by atoms with E-state index in [4.69, 9.17) is 0 Å². The molecule has 0 unspecified atom stereocenters. The fraction of sp³-hybridized carbons (Fsp3) is 0.933. The monoisotopic (exact) mass is 347 g/mol. The molecule has 2 rings (SSSR count). The molecular weight excluding hydrogens is 322 g/mol. The average Bonchev–Trinajstić information content (AvgIpc) is 2.43. The minimum absolute atomic E-state index is 0.0347. The van der Waals surface area contributed by atoms with Crippen molar-refractivity contribution in [2.24, 2.45) is 11.8 Å². The van der Waals surface area contributed by atoms with Gasteiger partial charge in [0.25, 0.3) is 0 Å². The van der Waals surface area contributed by atoms with Crippen molar-refractivity contribution >= 4 is 33.6 Å². The molecule has 1 saturated heterocycles. The summed E-state index contributed by atoms with van der Waals surface area (Å²) < 4.78 is 0. The number of thioether (sulfide) groups is 1. The maximum atomic E-state index is 12.3. The summed E-state index contributed by atoms with van der Waals surface area (Å²) >= 11 is 5.65. The predicted octanol–water partition coefficient (Wildman–Crippen LogP) is 3.98. The Hall–Kier alpha value is 0.300. The number of halogens is 1. The summed E-state index contributed by atoms with van der Waals surface area (Å²) in [5, 5.41) is 4.26. The Labute approximate surface area is 130 Å². The molecule has 19 heavy (non-hydrogen) atoms. The van der Waals surface area contributed by atoms with Crippen molar-refractivity contribution in [1.82, 2.24) is 5.32 Å². The first-order valence-corrected chi connectivity index (χ1v) is 9.86. The number of rotatable bonds is 4. The van der Waals surface area contributed by atoms with Crippen LogP contribution in [-0.2, 0) is 4.79 Å². The van der Waals surface area contributed by atoms with Crippen molar-refractivity contribution in [2.75, 3.05) is 16.8 Å². The highest BCUT2D eigenvalue weighted by molar-refractivity contribution is 9.09. The number of hydrogen-bond donors (Lipinski definition) is 1. The Morgan fingerprint density at radius 3 is 2.47 bits per heavy atom. The Bertz CT molecular complexity index is 297. The second kappa shape index (κ2) is 7.35. The summed E-state index contributed by atoms with van der Waals surface area (Å²) in [7, 11) is 0. The van der Waals surface area contributed by atoms with E-state index in [2.05, 4.69) is 28.2 Å². The van der Waals surface area contributed by atoms with Crippen LogP contribution in [0, 0.1) is 11.8 Å². The van der Waals surface area contributed by atoms with E-state index in [1.165, 1.54) is 37.2 Å². The van der Waals surface area contributed by atoms with Gasteiger partial charge in [-0.15, -0.1) is 0 Å². The van der Waals surface area contributed by atoms with E-state index in [1.54, 1.807) is 0 Å². The van der Waals surface area contributed by atoms with Gasteiger partial charge in [-0.05, 0) is 61.9 Å². The largest absolute Gasteiger partial charge is 0.350 e. The van der Waals surface area contributed by atoms with Gasteiger partial charge in [0.15, 0.2) is 0 Å². The van der Waals surface area contributed by atoms with Crippen LogP contribution in [0.25, 0.3) is 0 Å². The van der Waals surface area contributed by atoms with Crippen molar-refractivity contribution in [3.8, 4) is 0 Å². The molecule has 1 heterocycles. The standard InChI is InChI=1S/C15H26BrNOS/c1-12-2-6-15(11-16,7-3-12)17-14(18)10-13-4-8-19-9-5-13/h12-13H,2-11H2,1H3,(H,17,18). The van der Waals surface area contributed by atoms with Crippen molar-refractivity contribution in [3.63, 3.8) is 0 Å². The van der Waals surface area contributed by atoms with Crippen molar-refractivity contribution < 1.29 is 4.79 Å². The highest BCUT2D eigenvalue weighted by atomic mass is 79.9. The van der Waals surface area contributed by atoms with E-state index in [1.807, 2.05) is 11.8 Å². The van der Waals surface area contributed by atoms with Gasteiger partial charge in [0.05, 0.1) is 0 Å². The molecule has 2 nitrogen and oxygen atoms in total. The molecule has 1 amide bonds. The fourth-order valence-corrected chi connectivity index (χ4v) is 5.07. The first-order valence-electron chi connectivity index (χ1n) is 7.58. The smallest absolute Gasteiger partial charge is 0.220 e. The summed E-state index contributed by atoms with van der Waals surface area (Å²) in [6.07, 6.45) is 7.92. The molecule has 0 aromatic heterocycles. The minimum Gasteiger partial charge on any atom is -0.350 e. The molecule has 1 N–H and O–H groups in total. The van der Waals surface area contributed by atoms with Gasteiger partial charge in [0.1, 0.15) is 0 Å². The fourth-order valence-electron chi connectivity index (χ4n) is 3.17. The molecule has 1 aliphatic carbocycles. The molecule has 0 atom stereocenters. The van der Waals surface area contributed by atoms with Crippen LogP contribution in [0.1, 0.15) is 51.9 Å². The van der Waals surface area contributed by atoms with E-state index in [0.717, 1.165) is 30.5 Å². The highest BCUT2D eigenvalue weighted by Gasteiger charge is 2.34. The van der Waals surface area contributed by atoms with Crippen LogP contribution in [0.2, 0.25) is 0 Å². The molecule has 0 radical (unpaired) electrons. The van der Waals surface area contributed by atoms with Gasteiger partial charge in [0.2, 0.25) is 5.91 Å². The molecule has 0 aromatic rings. The molecule has 2 fully saturated rings. The number of carbonyl (C=O) groups is 1. The topological polar surface area (TPSA) is 29.1 Å². The third-order valence-corrected chi connectivity index (χ3v) is 6.83. The number of nitrogens with one attached hydrogen (secondary N) is 1. The number of alkyl halides is 1. The van der Waals surface area contributed by atoms with Crippen LogP contribution in [0.4, 0.5) is 0 Å². The lowest BCUT2D eigenvalue weighted by Crippen LogP contribution is -2.52. The Balaban J connectivity index is 1.82. The van der Waals surface area contributed by atoms with Gasteiger partial charge in [-0.2, -0.15) is 11.8 Å². The van der Waals surface area contributed by atoms with Crippen LogP contribution in [0.15, 0.2) is 0 Å². The van der Waals surface area contributed by atoms with Gasteiger partial charge in [-0.3, -0.25) is 4.79 Å². The molecule has 4 heteroatoms. The third kappa shape index (κ3) is 4.66. The number of amides is 1. The second-order valence-electron chi connectivity index (χ2n) is 6.40. The quantitative estimate of drug-likeness (QED) is 0.779. The molecule has 0 bridgehead atoms. The number of hydrogen-bond acceptors (Lipinski definition) is 2. The van der Waals surface area contributed by atoms with Gasteiger partial charge < -0.3 is 5.32 Å². The molecule has 0 spiro atoms. The second-order valence-corrected chi connectivity index (χ2v) is 8.19. The van der Waals surface area contributed by atoms with E-state index >= 15 is 0 Å². The molecule has 110 valence electrons. The minimum atomic E-state index is 0.0347. The molecule has 2 aliphatic rings. The lowest BCUT2D eigenvalue weighted by molar-refractivity contribution is -0.124. The highest BCUT2D eigenvalue weighted by Crippen LogP contribution is 2.33. The van der Waals surface area contributed by atoms with Crippen LogP contribution >= 0.6 is 27.7 Å². The molecular formula is C15H26BrNOS. The maximum Gasteiger partial charge on any atom is 0.220 e. The maximum absolute atomic E-state index is 12.3. The predicted molar refractivity (Wildman–Crippen MR) is 87.0 cm³/mol. The molecule has 1 saturated carbocycles. The first kappa shape index (κ1) is 15.7. The Morgan fingerprint density at radius 1 is 1.26 bits per heavy atom. The summed E-state index contributed by atoms with van der Waals surface area (Å²) in [5.41, 5.74) is 0.0347. The lowest BCUT2D eigenvalue weighted by atomic mass is 9.78. The summed E-state index contributed by atoms with van der Waals surface area (Å²) in [6.45, 7) is 2.32. The SMILES string of the molecule is CC1CCC(CBr)(NC(=O)CC2CCSCC2)CC1. The first-order chi connectivity index (χ1) is 9.13. The summed E-state index contributed by atoms with van der Waals surface area (Å²) in [4.78, 5) is 12.3. The van der Waals surface area contributed by atoms with Crippen LogP contribution in [-0.4, -0.2) is 28.3 Å². The van der Waals surface area contributed by atoms with Crippen LogP contribution in [0.3, 0.4) is 0 Å². The van der Waals surface area contributed by atoms with Gasteiger partial charge in [0, 0.05) is 17.3 Å². The van der Waals surface area contributed by atoms with Crippen molar-refractivity contribution in [2.45, 2.75) is 57.4 Å². The van der Waals surface area contributed by atoms with Gasteiger partial charge >= 0.3 is 0 Å². The normalized spacial score (nSPS) is 33.1. The van der Waals surface area contributed by atoms with Crippen molar-refractivity contribution in [1.29, 1.82) is 0 Å². The molecule has 1 aliphatic heterocycles. The zero-order valence-corrected chi connectivity index (χ0v) is 14.3. The zero-order chi connectivity index (χ0) is 13.7. The van der Waals surface area contributed by atoms with E-state index < -0.39 is 0 Å². The lowest BCUT2D eigenvalue weighted by Gasteiger charge is -2.39. The van der Waals surface area contributed by atoms with Gasteiger partial charge in [-0.25, -0.2) is 0 Å². The summed E-state index contributed by atoms with van der Waals surface area (Å²) in [6, 6.07) is 0. The van der Waals surface area contributed by atoms with E-state index in [9.17, 15) is 4.79 Å².